The Kier molecular flexibility index (Phi) is 7.52. The standard InChI is InChI=1S/C33H40FN5O4/c1-19-24-15-25(32(24,3)4)29(28(19)36-18-33(16-35-17-33)43-20(2)40)38-31-37-27-9-7-6-8-23(27)30(41)39(31)13-12-21-10-11-22(42-5)14-26(21)34/h6-11,14,18-19,24-25,28-29,35H,12-13,15-17H2,1-5H3,(H,37,38)/t19-,24+,25+,28-,29?/m0/s1. The summed E-state index contributed by atoms with van der Waals surface area (Å²) in [5.74, 6) is 1.26. The van der Waals surface area contributed by atoms with Crippen LogP contribution in [-0.4, -0.2) is 59.6 Å². The van der Waals surface area contributed by atoms with E-state index in [0.29, 0.717) is 59.5 Å². The number of aliphatic imine (C=N–C) groups is 1. The molecular formula is C33H40FN5O4. The monoisotopic (exact) mass is 589 g/mol. The highest BCUT2D eigenvalue weighted by Gasteiger charge is 2.61. The fourth-order valence-electron chi connectivity index (χ4n) is 7.51. The molecule has 1 aromatic heterocycles. The number of halogens is 1. The Morgan fingerprint density at radius 3 is 2.65 bits per heavy atom. The molecule has 0 spiro atoms. The second-order valence-corrected chi connectivity index (χ2v) is 12.9. The van der Waals surface area contributed by atoms with Crippen molar-refractivity contribution < 1.29 is 18.7 Å². The Balaban J connectivity index is 1.36. The van der Waals surface area contributed by atoms with Crippen molar-refractivity contribution in [3.05, 3.63) is 64.2 Å². The number of carbonyl (C=O) groups is 1. The van der Waals surface area contributed by atoms with Crippen LogP contribution in [0.4, 0.5) is 10.3 Å². The van der Waals surface area contributed by atoms with Gasteiger partial charge in [0.2, 0.25) is 5.95 Å². The topological polar surface area (TPSA) is 107 Å². The normalized spacial score (nSPS) is 26.9. The molecule has 10 heteroatoms. The van der Waals surface area contributed by atoms with Gasteiger partial charge in [-0.05, 0) is 59.8 Å². The quantitative estimate of drug-likeness (QED) is 0.284. The molecule has 4 aliphatic rings. The highest BCUT2D eigenvalue weighted by molar-refractivity contribution is 5.79. The van der Waals surface area contributed by atoms with Gasteiger partial charge in [0.05, 0.1) is 30.1 Å². The Labute approximate surface area is 250 Å². The van der Waals surface area contributed by atoms with Crippen molar-refractivity contribution >= 4 is 29.0 Å². The van der Waals surface area contributed by atoms with Crippen molar-refractivity contribution in [1.29, 1.82) is 0 Å². The molecule has 4 fully saturated rings. The zero-order valence-corrected chi connectivity index (χ0v) is 25.4. The van der Waals surface area contributed by atoms with Gasteiger partial charge in [-0.2, -0.15) is 0 Å². The molecule has 2 bridgehead atoms. The van der Waals surface area contributed by atoms with Crippen LogP contribution in [0.3, 0.4) is 0 Å². The SMILES string of the molecule is COc1ccc(CCn2c(NC3[C@@H](N=CC4(OC(C)=O)CNC4)[C@@H](C)[C@H]4C[C@H]3C4(C)C)nc3ccccc3c2=O)c(F)c1. The Bertz CT molecular complexity index is 1630. The van der Waals surface area contributed by atoms with Crippen molar-refractivity contribution in [2.75, 3.05) is 25.5 Å². The van der Waals surface area contributed by atoms with Gasteiger partial charge in [0.15, 0.2) is 5.60 Å². The molecule has 1 aliphatic heterocycles. The number of para-hydroxylation sites is 1. The molecule has 3 aliphatic carbocycles. The number of benzene rings is 2. The van der Waals surface area contributed by atoms with Crippen LogP contribution in [0.1, 0.15) is 39.7 Å². The van der Waals surface area contributed by atoms with Crippen molar-refractivity contribution in [3.8, 4) is 5.75 Å². The lowest BCUT2D eigenvalue weighted by molar-refractivity contribution is -0.153. The zero-order chi connectivity index (χ0) is 30.5. The fraction of sp³-hybridized carbons (Fsp3) is 0.515. The molecule has 7 rings (SSSR count). The summed E-state index contributed by atoms with van der Waals surface area (Å²) in [4.78, 5) is 35.7. The number of aryl methyl sites for hydroxylation is 1. The van der Waals surface area contributed by atoms with Crippen LogP contribution in [0.15, 0.2) is 52.3 Å². The molecule has 228 valence electrons. The highest BCUT2D eigenvalue weighted by Crippen LogP contribution is 2.62. The van der Waals surface area contributed by atoms with E-state index in [1.165, 1.54) is 20.1 Å². The molecule has 3 aromatic rings. The molecular weight excluding hydrogens is 549 g/mol. The maximum Gasteiger partial charge on any atom is 0.303 e. The largest absolute Gasteiger partial charge is 0.497 e. The van der Waals surface area contributed by atoms with E-state index in [9.17, 15) is 14.0 Å². The van der Waals surface area contributed by atoms with Crippen LogP contribution in [0.2, 0.25) is 0 Å². The van der Waals surface area contributed by atoms with Crippen LogP contribution in [0, 0.1) is 29.0 Å². The van der Waals surface area contributed by atoms with Crippen molar-refractivity contribution in [2.45, 2.75) is 64.8 Å². The summed E-state index contributed by atoms with van der Waals surface area (Å²) in [7, 11) is 1.50. The van der Waals surface area contributed by atoms with E-state index in [0.717, 1.165) is 6.42 Å². The Morgan fingerprint density at radius 2 is 2.00 bits per heavy atom. The van der Waals surface area contributed by atoms with Crippen LogP contribution in [0.25, 0.3) is 10.9 Å². The predicted molar refractivity (Wildman–Crippen MR) is 164 cm³/mol. The van der Waals surface area contributed by atoms with E-state index in [-0.39, 0.29) is 47.3 Å². The summed E-state index contributed by atoms with van der Waals surface area (Å²) in [5.41, 5.74) is 0.271. The summed E-state index contributed by atoms with van der Waals surface area (Å²) in [6.45, 7) is 9.57. The van der Waals surface area contributed by atoms with Crippen LogP contribution < -0.4 is 20.9 Å². The van der Waals surface area contributed by atoms with Crippen molar-refractivity contribution in [3.63, 3.8) is 0 Å². The second kappa shape index (κ2) is 11.0. The fourth-order valence-corrected chi connectivity index (χ4v) is 7.51. The van der Waals surface area contributed by atoms with Crippen LogP contribution in [0.5, 0.6) is 5.75 Å². The highest BCUT2D eigenvalue weighted by atomic mass is 19.1. The summed E-state index contributed by atoms with van der Waals surface area (Å²) in [5, 5.41) is 7.39. The molecule has 43 heavy (non-hydrogen) atoms. The van der Waals surface area contributed by atoms with Gasteiger partial charge in [0.1, 0.15) is 11.6 Å². The third kappa shape index (κ3) is 5.19. The maximum absolute atomic E-state index is 14.8. The number of rotatable bonds is 9. The molecule has 1 saturated heterocycles. The smallest absolute Gasteiger partial charge is 0.303 e. The number of anilines is 1. The summed E-state index contributed by atoms with van der Waals surface area (Å²) < 4.78 is 27.3. The Morgan fingerprint density at radius 1 is 1.23 bits per heavy atom. The van der Waals surface area contributed by atoms with Gasteiger partial charge < -0.3 is 20.1 Å². The average Bonchev–Trinajstić information content (AvgIpc) is 2.95. The van der Waals surface area contributed by atoms with E-state index in [1.807, 2.05) is 24.4 Å². The van der Waals surface area contributed by atoms with Crippen LogP contribution >= 0.6 is 0 Å². The van der Waals surface area contributed by atoms with Gasteiger partial charge in [-0.3, -0.25) is 19.1 Å². The average molecular weight is 590 g/mol. The number of nitrogens with zero attached hydrogens (tertiary/aromatic N) is 3. The van der Waals surface area contributed by atoms with Gasteiger partial charge in [0, 0.05) is 38.8 Å². The number of nitrogens with one attached hydrogen (secondary N) is 2. The molecule has 3 saturated carbocycles. The van der Waals surface area contributed by atoms with Gasteiger partial charge in [-0.25, -0.2) is 9.37 Å². The summed E-state index contributed by atoms with van der Waals surface area (Å²) in [6.07, 6.45) is 3.18. The summed E-state index contributed by atoms with van der Waals surface area (Å²) in [6, 6.07) is 11.9. The first-order valence-corrected chi connectivity index (χ1v) is 15.1. The molecule has 1 unspecified atom stereocenters. The van der Waals surface area contributed by atoms with E-state index in [2.05, 4.69) is 31.4 Å². The third-order valence-corrected chi connectivity index (χ3v) is 10.1. The lowest BCUT2D eigenvalue weighted by atomic mass is 9.43. The molecule has 2 N–H and O–H groups in total. The summed E-state index contributed by atoms with van der Waals surface area (Å²) >= 11 is 0. The Hall–Kier alpha value is -3.79. The lowest BCUT2D eigenvalue weighted by Gasteiger charge is -2.64. The predicted octanol–water partition coefficient (Wildman–Crippen LogP) is 4.22. The first-order valence-electron chi connectivity index (χ1n) is 15.1. The molecule has 0 radical (unpaired) electrons. The second-order valence-electron chi connectivity index (χ2n) is 12.9. The number of methoxy groups -OCH3 is 1. The van der Waals surface area contributed by atoms with E-state index >= 15 is 0 Å². The number of carbonyl (C=O) groups excluding carboxylic acids is 1. The minimum atomic E-state index is -0.737. The van der Waals surface area contributed by atoms with Crippen molar-refractivity contribution in [1.82, 2.24) is 14.9 Å². The number of fused-ring (bicyclic) bond motifs is 3. The molecule has 9 nitrogen and oxygen atoms in total. The minimum Gasteiger partial charge on any atom is -0.497 e. The van der Waals surface area contributed by atoms with Gasteiger partial charge in [-0.1, -0.05) is 39.0 Å². The van der Waals surface area contributed by atoms with E-state index < -0.39 is 5.60 Å². The number of esters is 1. The number of hydrogen-bond acceptors (Lipinski definition) is 8. The van der Waals surface area contributed by atoms with Crippen LogP contribution in [-0.2, 0) is 22.5 Å². The van der Waals surface area contributed by atoms with E-state index in [4.69, 9.17) is 19.5 Å². The molecule has 2 heterocycles. The minimum absolute atomic E-state index is 0.0862. The number of hydrogen-bond donors (Lipinski definition) is 2. The first kappa shape index (κ1) is 29.3. The van der Waals surface area contributed by atoms with Gasteiger partial charge >= 0.3 is 5.97 Å². The molecule has 0 amide bonds. The van der Waals surface area contributed by atoms with Gasteiger partial charge in [-0.15, -0.1) is 0 Å². The lowest BCUT2D eigenvalue weighted by Crippen LogP contribution is -2.67. The first-order chi connectivity index (χ1) is 20.5. The number of aromatic nitrogens is 2. The third-order valence-electron chi connectivity index (χ3n) is 10.1. The zero-order valence-electron chi connectivity index (χ0n) is 25.4. The maximum atomic E-state index is 14.8. The molecule has 5 atom stereocenters. The van der Waals surface area contributed by atoms with E-state index in [1.54, 1.807) is 22.8 Å². The molecule has 2 aromatic carbocycles. The van der Waals surface area contributed by atoms with Gasteiger partial charge in [0.25, 0.3) is 5.56 Å². The van der Waals surface area contributed by atoms with Crippen molar-refractivity contribution in [2.24, 2.45) is 28.2 Å². The number of ether oxygens (including phenoxy) is 2.